The van der Waals surface area contributed by atoms with Gasteiger partial charge in [-0.15, -0.1) is 0 Å². The predicted octanol–water partition coefficient (Wildman–Crippen LogP) is 1.61. The molecular weight excluding hydrogens is 676 g/mol. The van der Waals surface area contributed by atoms with Crippen molar-refractivity contribution in [3.05, 3.63) is 11.6 Å². The molecule has 15 nitrogen and oxygen atoms in total. The maximum absolute atomic E-state index is 12.8. The summed E-state index contributed by atoms with van der Waals surface area (Å²) < 4.78 is 35.2. The number of hydrogen-bond donors (Lipinski definition) is 4. The maximum atomic E-state index is 12.8. The Morgan fingerprint density at radius 1 is 0.962 bits per heavy atom. The average molecular weight is 741 g/mol. The van der Waals surface area contributed by atoms with Crippen LogP contribution in [0.1, 0.15) is 80.6 Å². The molecule has 1 spiro atoms. The van der Waals surface area contributed by atoms with E-state index in [0.29, 0.717) is 58.7 Å². The number of esters is 1. The van der Waals surface area contributed by atoms with Gasteiger partial charge in [-0.3, -0.25) is 19.2 Å². The van der Waals surface area contributed by atoms with Crippen molar-refractivity contribution >= 4 is 30.0 Å². The first kappa shape index (κ1) is 45.2. The van der Waals surface area contributed by atoms with E-state index >= 15 is 0 Å². The van der Waals surface area contributed by atoms with Gasteiger partial charge in [0.05, 0.1) is 57.6 Å². The zero-order chi connectivity index (χ0) is 37.4. The number of ether oxygens (including phenoxy) is 6. The molecule has 2 saturated heterocycles. The number of amides is 3. The molecule has 1 aliphatic carbocycles. The van der Waals surface area contributed by atoms with Gasteiger partial charge in [0, 0.05) is 39.6 Å². The zero-order valence-electron chi connectivity index (χ0n) is 31.2. The van der Waals surface area contributed by atoms with Crippen molar-refractivity contribution in [2.75, 3.05) is 66.3 Å². The van der Waals surface area contributed by atoms with Crippen LogP contribution in [0.25, 0.3) is 0 Å². The minimum Gasteiger partial charge on any atom is -0.460 e. The largest absolute Gasteiger partial charge is 0.460 e. The van der Waals surface area contributed by atoms with Crippen molar-refractivity contribution < 1.29 is 52.4 Å². The third-order valence-corrected chi connectivity index (χ3v) is 9.60. The smallest absolute Gasteiger partial charge is 0.306 e. The minimum absolute atomic E-state index is 0. The summed E-state index contributed by atoms with van der Waals surface area (Å²) in [5.41, 5.74) is 0.610. The SMILES string of the molecule is C.COC1C(OC(=O)CCCOCCOCCNC(=O)CCN[C@H](C(=O)NCC(=O)NCC=O)C(C)C)CC[C@]2(CO2)C1[C@@]1(C)O[C@@H]1CC=C(C)C. The summed E-state index contributed by atoms with van der Waals surface area (Å²) in [6.07, 6.45) is 5.44. The highest BCUT2D eigenvalue weighted by Gasteiger charge is 2.72. The standard InChI is InChI=1S/C36H60N4O11.CH4/c1-24(2)9-10-27-35(5,51-27)33-32(46-6)26(11-13-36(33)23-49-36)50-30(44)8-7-18-47-20-21-48-19-16-38-28(42)12-14-39-31(25(3)4)34(45)40-22-29(43)37-15-17-41;/h9,17,25-27,31-33,39H,7-8,10-16,18-23H2,1-6H3,(H,37,43)(H,38,42)(H,40,45);1H4/t26?,27-,31+,32?,33?,35+,36+;/m1./s1. The van der Waals surface area contributed by atoms with E-state index in [9.17, 15) is 24.0 Å². The molecule has 0 bridgehead atoms. The van der Waals surface area contributed by atoms with Crippen LogP contribution in [-0.2, 0) is 52.4 Å². The molecule has 0 aromatic heterocycles. The van der Waals surface area contributed by atoms with Gasteiger partial charge in [-0.05, 0) is 52.4 Å². The normalized spacial score (nSPS) is 26.4. The fraction of sp³-hybridized carbons (Fsp3) is 0.811. The van der Waals surface area contributed by atoms with Crippen molar-refractivity contribution in [1.82, 2.24) is 21.3 Å². The predicted molar refractivity (Wildman–Crippen MR) is 193 cm³/mol. The first-order valence-corrected chi connectivity index (χ1v) is 18.2. The van der Waals surface area contributed by atoms with Crippen LogP contribution in [0.4, 0.5) is 0 Å². The van der Waals surface area contributed by atoms with Gasteiger partial charge in [-0.2, -0.15) is 0 Å². The number of allylic oxidation sites excluding steroid dienone is 1. The molecule has 0 aromatic carbocycles. The molecule has 3 aliphatic rings. The minimum atomic E-state index is -0.582. The molecular formula is C37H64N4O11. The van der Waals surface area contributed by atoms with Crippen LogP contribution < -0.4 is 21.3 Å². The number of methoxy groups -OCH3 is 1. The summed E-state index contributed by atoms with van der Waals surface area (Å²) in [5.74, 6) is -1.37. The Labute approximate surface area is 309 Å². The lowest BCUT2D eigenvalue weighted by Gasteiger charge is -2.42. The van der Waals surface area contributed by atoms with E-state index in [0.717, 1.165) is 12.8 Å². The lowest BCUT2D eigenvalue weighted by atomic mass is 9.68. The van der Waals surface area contributed by atoms with Gasteiger partial charge >= 0.3 is 5.97 Å². The fourth-order valence-corrected chi connectivity index (χ4v) is 6.76. The van der Waals surface area contributed by atoms with Gasteiger partial charge in [0.2, 0.25) is 17.7 Å². The third kappa shape index (κ3) is 14.1. The molecule has 0 aromatic rings. The first-order chi connectivity index (χ1) is 24.4. The molecule has 7 atom stereocenters. The molecule has 2 aliphatic heterocycles. The van der Waals surface area contributed by atoms with Crippen molar-refractivity contribution in [3.63, 3.8) is 0 Å². The monoisotopic (exact) mass is 740 g/mol. The van der Waals surface area contributed by atoms with E-state index in [1.54, 1.807) is 7.11 Å². The summed E-state index contributed by atoms with van der Waals surface area (Å²) in [5, 5.41) is 10.7. The summed E-state index contributed by atoms with van der Waals surface area (Å²) in [7, 11) is 1.67. The zero-order valence-corrected chi connectivity index (χ0v) is 31.2. The lowest BCUT2D eigenvalue weighted by molar-refractivity contribution is -0.172. The summed E-state index contributed by atoms with van der Waals surface area (Å²) in [6, 6.07) is -0.582. The molecule has 52 heavy (non-hydrogen) atoms. The number of hydrogen-bond acceptors (Lipinski definition) is 12. The van der Waals surface area contributed by atoms with Crippen molar-refractivity contribution in [1.29, 1.82) is 0 Å². The number of nitrogens with one attached hydrogen (secondary N) is 4. The topological polar surface area (TPSA) is 195 Å². The van der Waals surface area contributed by atoms with E-state index in [1.807, 2.05) is 13.8 Å². The molecule has 298 valence electrons. The van der Waals surface area contributed by atoms with Gasteiger partial charge in [0.25, 0.3) is 0 Å². The summed E-state index contributed by atoms with van der Waals surface area (Å²) in [6.45, 7) is 12.3. The molecule has 3 amide bonds. The Kier molecular flexibility index (Phi) is 19.4. The Bertz CT molecular complexity index is 1190. The Morgan fingerprint density at radius 2 is 1.67 bits per heavy atom. The Morgan fingerprint density at radius 3 is 2.31 bits per heavy atom. The number of rotatable bonds is 25. The second-order valence-electron chi connectivity index (χ2n) is 14.2. The number of aldehydes is 1. The van der Waals surface area contributed by atoms with Crippen LogP contribution >= 0.6 is 0 Å². The summed E-state index contributed by atoms with van der Waals surface area (Å²) >= 11 is 0. The van der Waals surface area contributed by atoms with Gasteiger partial charge in [-0.25, -0.2) is 0 Å². The van der Waals surface area contributed by atoms with Crippen molar-refractivity contribution in [2.24, 2.45) is 11.8 Å². The van der Waals surface area contributed by atoms with Crippen molar-refractivity contribution in [3.8, 4) is 0 Å². The van der Waals surface area contributed by atoms with Crippen LogP contribution in [0.5, 0.6) is 0 Å². The van der Waals surface area contributed by atoms with Gasteiger partial charge in [0.15, 0.2) is 0 Å². The average Bonchev–Trinajstić information content (AvgIpc) is 4.01. The lowest BCUT2D eigenvalue weighted by Crippen LogP contribution is -2.55. The van der Waals surface area contributed by atoms with Gasteiger partial charge in [-0.1, -0.05) is 32.9 Å². The maximum Gasteiger partial charge on any atom is 0.306 e. The Balaban J connectivity index is 0.00000936. The van der Waals surface area contributed by atoms with Crippen LogP contribution in [-0.4, -0.2) is 132 Å². The molecule has 2 heterocycles. The second-order valence-corrected chi connectivity index (χ2v) is 14.2. The van der Waals surface area contributed by atoms with E-state index in [-0.39, 0.29) is 99.0 Å². The van der Waals surface area contributed by atoms with Crippen LogP contribution in [0.2, 0.25) is 0 Å². The van der Waals surface area contributed by atoms with Crippen LogP contribution in [0, 0.1) is 11.8 Å². The van der Waals surface area contributed by atoms with E-state index in [4.69, 9.17) is 28.4 Å². The second kappa shape index (κ2) is 22.3. The van der Waals surface area contributed by atoms with E-state index in [1.165, 1.54) is 5.57 Å². The van der Waals surface area contributed by atoms with Gasteiger partial charge < -0.3 is 54.5 Å². The van der Waals surface area contributed by atoms with Crippen LogP contribution in [0.3, 0.4) is 0 Å². The molecule has 3 unspecified atom stereocenters. The Hall–Kier alpha value is -2.95. The first-order valence-electron chi connectivity index (χ1n) is 18.2. The van der Waals surface area contributed by atoms with Crippen LogP contribution in [0.15, 0.2) is 11.6 Å². The van der Waals surface area contributed by atoms with E-state index in [2.05, 4.69) is 48.1 Å². The highest BCUT2D eigenvalue weighted by molar-refractivity contribution is 5.88. The molecule has 3 rings (SSSR count). The third-order valence-electron chi connectivity index (χ3n) is 9.60. The fourth-order valence-electron chi connectivity index (χ4n) is 6.76. The summed E-state index contributed by atoms with van der Waals surface area (Å²) in [4.78, 5) is 59.3. The highest BCUT2D eigenvalue weighted by Crippen LogP contribution is 2.59. The quantitative estimate of drug-likeness (QED) is 0.0348. The number of epoxide rings is 2. The molecule has 1 saturated carbocycles. The highest BCUT2D eigenvalue weighted by atomic mass is 16.6. The molecule has 0 radical (unpaired) electrons. The van der Waals surface area contributed by atoms with E-state index < -0.39 is 11.9 Å². The number of carbonyl (C=O) groups is 5. The van der Waals surface area contributed by atoms with Crippen molar-refractivity contribution in [2.45, 2.75) is 116 Å². The van der Waals surface area contributed by atoms with Gasteiger partial charge in [0.1, 0.15) is 29.7 Å². The molecule has 3 fully saturated rings. The molecule has 4 N–H and O–H groups in total. The molecule has 15 heteroatoms. The number of carbonyl (C=O) groups excluding carboxylic acids is 5.